The van der Waals surface area contributed by atoms with Crippen LogP contribution >= 0.6 is 0 Å². The number of hydrogen-bond donors (Lipinski definition) is 1. The third kappa shape index (κ3) is 4.91. The summed E-state index contributed by atoms with van der Waals surface area (Å²) in [6.45, 7) is 7.02. The molecule has 31 heavy (non-hydrogen) atoms. The number of carbonyl (C=O) groups is 1. The Morgan fingerprint density at radius 3 is 2.87 bits per heavy atom. The summed E-state index contributed by atoms with van der Waals surface area (Å²) in [7, 11) is 0. The Morgan fingerprint density at radius 2 is 2.10 bits per heavy atom. The van der Waals surface area contributed by atoms with Gasteiger partial charge in [-0.3, -0.25) is 9.78 Å². The Balaban J connectivity index is 1.42. The summed E-state index contributed by atoms with van der Waals surface area (Å²) < 4.78 is 13.2. The summed E-state index contributed by atoms with van der Waals surface area (Å²) in [5, 5.41) is 8.94. The second kappa shape index (κ2) is 8.59. The van der Waals surface area contributed by atoms with Crippen LogP contribution in [-0.4, -0.2) is 31.6 Å². The van der Waals surface area contributed by atoms with Crippen molar-refractivity contribution in [1.82, 2.24) is 25.0 Å². The fourth-order valence-corrected chi connectivity index (χ4v) is 3.23. The fraction of sp³-hybridized carbons (Fsp3) is 0.304. The highest BCUT2D eigenvalue weighted by Crippen LogP contribution is 2.25. The number of hydrogen-bond acceptors (Lipinski definition) is 6. The van der Waals surface area contributed by atoms with Crippen molar-refractivity contribution < 1.29 is 14.1 Å². The number of nitrogens with one attached hydrogen (secondary N) is 1. The molecule has 0 aliphatic rings. The second-order valence-electron chi connectivity index (χ2n) is 8.47. The largest absolute Gasteiger partial charge is 0.485 e. The van der Waals surface area contributed by atoms with Gasteiger partial charge in [0, 0.05) is 48.2 Å². The van der Waals surface area contributed by atoms with Crippen LogP contribution in [0.3, 0.4) is 0 Å². The van der Waals surface area contributed by atoms with E-state index < -0.39 is 0 Å². The topological polar surface area (TPSA) is 95.1 Å². The number of imidazole rings is 1. The zero-order chi connectivity index (χ0) is 21.8. The summed E-state index contributed by atoms with van der Waals surface area (Å²) in [6, 6.07) is 9.16. The number of nitrogens with zero attached hydrogens (tertiary/aromatic N) is 4. The molecule has 1 amide bonds. The Bertz CT molecular complexity index is 1160. The van der Waals surface area contributed by atoms with Crippen molar-refractivity contribution in [2.75, 3.05) is 0 Å². The number of benzene rings is 1. The highest BCUT2D eigenvalue weighted by molar-refractivity contribution is 5.92. The Hall–Kier alpha value is -3.68. The van der Waals surface area contributed by atoms with Gasteiger partial charge in [0.2, 0.25) is 0 Å². The molecule has 0 aliphatic heterocycles. The highest BCUT2D eigenvalue weighted by Gasteiger charge is 2.28. The van der Waals surface area contributed by atoms with Crippen LogP contribution in [0, 0.1) is 5.41 Å². The molecule has 1 unspecified atom stereocenters. The maximum atomic E-state index is 12.8. The van der Waals surface area contributed by atoms with Crippen LogP contribution in [0.25, 0.3) is 10.8 Å². The monoisotopic (exact) mass is 419 g/mol. The molecule has 1 N–H and O–H groups in total. The van der Waals surface area contributed by atoms with Crippen molar-refractivity contribution in [2.24, 2.45) is 5.41 Å². The molecule has 1 aromatic carbocycles. The predicted molar refractivity (Wildman–Crippen MR) is 116 cm³/mol. The molecule has 3 heterocycles. The Labute approximate surface area is 180 Å². The summed E-state index contributed by atoms with van der Waals surface area (Å²) in [4.78, 5) is 21.0. The third-order valence-electron chi connectivity index (χ3n) is 5.11. The molecule has 8 heteroatoms. The second-order valence-corrected chi connectivity index (χ2v) is 8.47. The van der Waals surface area contributed by atoms with Crippen molar-refractivity contribution in [3.05, 3.63) is 72.9 Å². The Morgan fingerprint density at radius 1 is 1.23 bits per heavy atom. The minimum Gasteiger partial charge on any atom is -0.485 e. The van der Waals surface area contributed by atoms with E-state index in [9.17, 15) is 4.79 Å². The van der Waals surface area contributed by atoms with Crippen LogP contribution in [0.15, 0.2) is 66.0 Å². The number of fused-ring (bicyclic) bond motifs is 1. The van der Waals surface area contributed by atoms with Crippen LogP contribution in [0.4, 0.5) is 0 Å². The first-order chi connectivity index (χ1) is 14.9. The first kappa shape index (κ1) is 20.6. The third-order valence-corrected chi connectivity index (χ3v) is 5.11. The van der Waals surface area contributed by atoms with Crippen LogP contribution in [0.2, 0.25) is 0 Å². The maximum Gasteiger partial charge on any atom is 0.273 e. The minimum atomic E-state index is -0.286. The molecular weight excluding hydrogens is 394 g/mol. The van der Waals surface area contributed by atoms with Gasteiger partial charge in [0.15, 0.2) is 11.5 Å². The van der Waals surface area contributed by atoms with Gasteiger partial charge < -0.3 is 19.1 Å². The van der Waals surface area contributed by atoms with Crippen molar-refractivity contribution in [2.45, 2.75) is 40.0 Å². The number of ether oxygens (including phenoxy) is 1. The van der Waals surface area contributed by atoms with Gasteiger partial charge >= 0.3 is 0 Å². The van der Waals surface area contributed by atoms with Crippen molar-refractivity contribution in [3.8, 4) is 5.75 Å². The molecule has 0 spiro atoms. The highest BCUT2D eigenvalue weighted by atomic mass is 16.5. The molecular formula is C23H25N5O3. The lowest BCUT2D eigenvalue weighted by Crippen LogP contribution is -2.46. The number of pyridine rings is 1. The average Bonchev–Trinajstić information content (AvgIpc) is 3.43. The standard InChI is InChI=1S/C23H25N5O3/c1-23(2,3)21(13-28-10-9-25-15-28)26-22(29)19-11-17(31-27-19)14-30-20-6-4-5-16-12-24-8-7-18(16)20/h4-12,15,21H,13-14H2,1-3H3,(H,26,29). The molecule has 1 atom stereocenters. The minimum absolute atomic E-state index is 0.116. The Kier molecular flexibility index (Phi) is 5.70. The average molecular weight is 419 g/mol. The van der Waals surface area contributed by atoms with E-state index in [1.807, 2.05) is 35.0 Å². The fourth-order valence-electron chi connectivity index (χ4n) is 3.23. The van der Waals surface area contributed by atoms with E-state index >= 15 is 0 Å². The molecule has 4 rings (SSSR count). The molecule has 0 fully saturated rings. The van der Waals surface area contributed by atoms with E-state index in [4.69, 9.17) is 9.26 Å². The lowest BCUT2D eigenvalue weighted by atomic mass is 9.86. The van der Waals surface area contributed by atoms with Gasteiger partial charge in [-0.2, -0.15) is 0 Å². The molecule has 0 saturated heterocycles. The summed E-state index contributed by atoms with van der Waals surface area (Å²) in [5.41, 5.74) is 0.0688. The van der Waals surface area contributed by atoms with Crippen molar-refractivity contribution in [1.29, 1.82) is 0 Å². The molecule has 0 aliphatic carbocycles. The quantitative estimate of drug-likeness (QED) is 0.489. The SMILES string of the molecule is CC(C)(C)C(Cn1ccnc1)NC(=O)c1cc(COc2cccc3cnccc23)on1. The zero-order valence-electron chi connectivity index (χ0n) is 17.8. The van der Waals surface area contributed by atoms with Gasteiger partial charge in [0.1, 0.15) is 12.4 Å². The number of aromatic nitrogens is 4. The van der Waals surface area contributed by atoms with Gasteiger partial charge in [0.25, 0.3) is 5.91 Å². The molecule has 160 valence electrons. The van der Waals surface area contributed by atoms with Crippen LogP contribution in [0.1, 0.15) is 37.0 Å². The van der Waals surface area contributed by atoms with Crippen LogP contribution in [-0.2, 0) is 13.2 Å². The summed E-state index contributed by atoms with van der Waals surface area (Å²) >= 11 is 0. The van der Waals surface area contributed by atoms with E-state index in [2.05, 4.69) is 41.2 Å². The van der Waals surface area contributed by atoms with E-state index in [1.165, 1.54) is 0 Å². The first-order valence-electron chi connectivity index (χ1n) is 10.1. The van der Waals surface area contributed by atoms with Gasteiger partial charge in [-0.25, -0.2) is 4.98 Å². The normalized spacial score (nSPS) is 12.6. The molecule has 8 nitrogen and oxygen atoms in total. The molecule has 0 saturated carbocycles. The number of amides is 1. The van der Waals surface area contributed by atoms with Gasteiger partial charge in [-0.15, -0.1) is 0 Å². The lowest BCUT2D eigenvalue weighted by molar-refractivity contribution is 0.0883. The smallest absolute Gasteiger partial charge is 0.273 e. The first-order valence-corrected chi connectivity index (χ1v) is 10.1. The molecule has 4 aromatic rings. The van der Waals surface area contributed by atoms with Crippen molar-refractivity contribution >= 4 is 16.7 Å². The predicted octanol–water partition coefficient (Wildman–Crippen LogP) is 3.84. The van der Waals surface area contributed by atoms with Gasteiger partial charge in [-0.1, -0.05) is 38.1 Å². The van der Waals surface area contributed by atoms with E-state index in [-0.39, 0.29) is 29.7 Å². The lowest BCUT2D eigenvalue weighted by Gasteiger charge is -2.31. The molecule has 3 aromatic heterocycles. The number of rotatable bonds is 7. The van der Waals surface area contributed by atoms with E-state index in [0.717, 1.165) is 16.5 Å². The van der Waals surface area contributed by atoms with Gasteiger partial charge in [-0.05, 0) is 17.5 Å². The zero-order valence-corrected chi connectivity index (χ0v) is 17.8. The summed E-state index contributed by atoms with van der Waals surface area (Å²) in [6.07, 6.45) is 8.84. The summed E-state index contributed by atoms with van der Waals surface area (Å²) in [5.74, 6) is 0.903. The van der Waals surface area contributed by atoms with Gasteiger partial charge in [0.05, 0.1) is 12.4 Å². The number of carbonyl (C=O) groups excluding carboxylic acids is 1. The van der Waals surface area contributed by atoms with Crippen LogP contribution in [0.5, 0.6) is 5.75 Å². The molecule has 0 radical (unpaired) electrons. The van der Waals surface area contributed by atoms with E-state index in [0.29, 0.717) is 12.3 Å². The molecule has 0 bridgehead atoms. The van der Waals surface area contributed by atoms with Crippen LogP contribution < -0.4 is 10.1 Å². The van der Waals surface area contributed by atoms with E-state index in [1.54, 1.807) is 31.0 Å². The van der Waals surface area contributed by atoms with Crippen molar-refractivity contribution in [3.63, 3.8) is 0 Å². The maximum absolute atomic E-state index is 12.8.